The predicted molar refractivity (Wildman–Crippen MR) is 118 cm³/mol. The highest BCUT2D eigenvalue weighted by Gasteiger charge is 2.34. The molecule has 9 heteroatoms. The van der Waals surface area contributed by atoms with Gasteiger partial charge in [0.05, 0.1) is 5.69 Å². The Morgan fingerprint density at radius 3 is 2.65 bits per heavy atom. The van der Waals surface area contributed by atoms with Crippen molar-refractivity contribution in [2.24, 2.45) is 10.1 Å². The molecule has 1 aromatic carbocycles. The molecule has 3 heterocycles. The molecular weight excluding hydrogens is 416 g/mol. The Kier molecular flexibility index (Phi) is 5.67. The quantitative estimate of drug-likeness (QED) is 0.365. The lowest BCUT2D eigenvalue weighted by atomic mass is 10.2. The fraction of sp³-hybridized carbons (Fsp3) is 0.0455. The van der Waals surface area contributed by atoms with Crippen LogP contribution in [0.25, 0.3) is 6.08 Å². The number of carbonyl (C=O) groups is 2. The summed E-state index contributed by atoms with van der Waals surface area (Å²) in [7, 11) is 1.27. The van der Waals surface area contributed by atoms with Crippen LogP contribution < -0.4 is 4.90 Å². The number of nitrogens with zero attached hydrogens (tertiary/aromatic N) is 4. The van der Waals surface area contributed by atoms with Crippen LogP contribution in [0.5, 0.6) is 0 Å². The zero-order valence-corrected chi connectivity index (χ0v) is 17.1. The van der Waals surface area contributed by atoms with E-state index in [2.05, 4.69) is 20.0 Å². The molecule has 8 nitrogen and oxygen atoms in total. The third kappa shape index (κ3) is 4.12. The van der Waals surface area contributed by atoms with Gasteiger partial charge in [-0.25, -0.2) is 14.7 Å². The lowest BCUT2D eigenvalue weighted by Crippen LogP contribution is -2.32. The van der Waals surface area contributed by atoms with Crippen molar-refractivity contribution in [3.8, 4) is 0 Å². The molecule has 1 aliphatic rings. The lowest BCUT2D eigenvalue weighted by molar-refractivity contribution is -0.129. The van der Waals surface area contributed by atoms with Gasteiger partial charge < -0.3 is 9.94 Å². The van der Waals surface area contributed by atoms with Crippen molar-refractivity contribution < 1.29 is 19.5 Å². The molecule has 0 unspecified atom stereocenters. The monoisotopic (exact) mass is 432 g/mol. The Morgan fingerprint density at radius 1 is 1.19 bits per heavy atom. The van der Waals surface area contributed by atoms with Crippen LogP contribution in [0.2, 0.25) is 0 Å². The van der Waals surface area contributed by atoms with Gasteiger partial charge >= 0.3 is 5.97 Å². The first kappa shape index (κ1) is 20.2. The van der Waals surface area contributed by atoms with Crippen molar-refractivity contribution >= 4 is 45.8 Å². The molecule has 1 aliphatic heterocycles. The second-order valence-electron chi connectivity index (χ2n) is 6.33. The maximum atomic E-state index is 13.3. The van der Waals surface area contributed by atoms with Crippen molar-refractivity contribution in [1.82, 2.24) is 4.98 Å². The Morgan fingerprint density at radius 2 is 1.97 bits per heavy atom. The molecule has 154 valence electrons. The fourth-order valence-corrected chi connectivity index (χ4v) is 3.87. The molecule has 0 spiro atoms. The Bertz CT molecular complexity index is 1220. The number of aliphatic carboxylic acids is 1. The van der Waals surface area contributed by atoms with Crippen molar-refractivity contribution in [3.63, 3.8) is 0 Å². The van der Waals surface area contributed by atoms with Gasteiger partial charge in [-0.1, -0.05) is 41.6 Å². The van der Waals surface area contributed by atoms with Crippen LogP contribution in [0.3, 0.4) is 0 Å². The second-order valence-corrected chi connectivity index (χ2v) is 7.22. The highest BCUT2D eigenvalue weighted by molar-refractivity contribution is 7.15. The zero-order chi connectivity index (χ0) is 21.8. The van der Waals surface area contributed by atoms with E-state index in [1.165, 1.54) is 23.3 Å². The van der Waals surface area contributed by atoms with Gasteiger partial charge in [-0.3, -0.25) is 9.78 Å². The van der Waals surface area contributed by atoms with Crippen molar-refractivity contribution in [3.05, 3.63) is 88.7 Å². The van der Waals surface area contributed by atoms with E-state index in [-0.39, 0.29) is 17.3 Å². The molecule has 4 rings (SSSR count). The van der Waals surface area contributed by atoms with Crippen LogP contribution in [0, 0.1) is 0 Å². The van der Waals surface area contributed by atoms with Gasteiger partial charge in [0.25, 0.3) is 5.91 Å². The molecule has 1 N–H and O–H groups in total. The number of carboxylic acids is 1. The Balaban J connectivity index is 1.78. The van der Waals surface area contributed by atoms with E-state index in [0.717, 1.165) is 5.56 Å². The minimum atomic E-state index is -1.23. The van der Waals surface area contributed by atoms with Crippen molar-refractivity contribution in [1.29, 1.82) is 0 Å². The standard InChI is InChI=1S/C22H16N4O4S/c1-30-25-19(22(28)29)15-11-18(31-13-15)26-20(14-7-3-2-4-8-14)24-17(21(26)27)12-16-9-5-6-10-23-16/h2-13H,1H3,(H,28,29). The number of carbonyl (C=O) groups excluding carboxylic acids is 1. The number of hydrogen-bond acceptors (Lipinski definition) is 7. The van der Waals surface area contributed by atoms with E-state index in [1.54, 1.807) is 35.9 Å². The summed E-state index contributed by atoms with van der Waals surface area (Å²) in [6.07, 6.45) is 3.26. The third-order valence-electron chi connectivity index (χ3n) is 4.33. The van der Waals surface area contributed by atoms with E-state index in [4.69, 9.17) is 0 Å². The first-order valence-electron chi connectivity index (χ1n) is 9.13. The number of hydrogen-bond donors (Lipinski definition) is 1. The summed E-state index contributed by atoms with van der Waals surface area (Å²) in [4.78, 5) is 39.7. The van der Waals surface area contributed by atoms with Crippen LogP contribution in [0.15, 0.2) is 82.0 Å². The van der Waals surface area contributed by atoms with Crippen molar-refractivity contribution in [2.75, 3.05) is 12.0 Å². The van der Waals surface area contributed by atoms with Gasteiger partial charge in [0.2, 0.25) is 0 Å². The number of anilines is 1. The van der Waals surface area contributed by atoms with Gasteiger partial charge in [0.1, 0.15) is 23.6 Å². The first-order valence-corrected chi connectivity index (χ1v) is 10.0. The Hall–Kier alpha value is -4.11. The smallest absolute Gasteiger partial charge is 0.358 e. The molecule has 0 aliphatic carbocycles. The van der Waals surface area contributed by atoms with E-state index in [0.29, 0.717) is 22.1 Å². The van der Waals surface area contributed by atoms with E-state index < -0.39 is 5.97 Å². The largest absolute Gasteiger partial charge is 0.476 e. The number of aromatic nitrogens is 1. The summed E-state index contributed by atoms with van der Waals surface area (Å²) in [5, 5.41) is 15.1. The van der Waals surface area contributed by atoms with Crippen LogP contribution in [0.4, 0.5) is 5.00 Å². The maximum absolute atomic E-state index is 13.3. The molecule has 0 bridgehead atoms. The SMILES string of the molecule is CON=C(C(=O)O)c1csc(N2C(=O)C(=Cc3ccccn3)N=C2c2ccccc2)c1. The minimum absolute atomic E-state index is 0.233. The number of amides is 1. The fourth-order valence-electron chi connectivity index (χ4n) is 2.98. The van der Waals surface area contributed by atoms with E-state index >= 15 is 0 Å². The number of oxime groups is 1. The minimum Gasteiger partial charge on any atom is -0.476 e. The van der Waals surface area contributed by atoms with Gasteiger partial charge in [-0.15, -0.1) is 11.3 Å². The molecule has 0 fully saturated rings. The highest BCUT2D eigenvalue weighted by Crippen LogP contribution is 2.33. The summed E-state index contributed by atoms with van der Waals surface area (Å²) in [6.45, 7) is 0. The Labute approximate surface area is 181 Å². The molecule has 3 aromatic rings. The molecule has 31 heavy (non-hydrogen) atoms. The van der Waals surface area contributed by atoms with Crippen LogP contribution in [0.1, 0.15) is 16.8 Å². The highest BCUT2D eigenvalue weighted by atomic mass is 32.1. The van der Waals surface area contributed by atoms with Gasteiger partial charge in [0, 0.05) is 22.7 Å². The van der Waals surface area contributed by atoms with E-state index in [9.17, 15) is 14.7 Å². The topological polar surface area (TPSA) is 104 Å². The molecule has 2 aromatic heterocycles. The number of thiophene rings is 1. The normalized spacial score (nSPS) is 15.3. The van der Waals surface area contributed by atoms with Crippen LogP contribution >= 0.6 is 11.3 Å². The average Bonchev–Trinajstić information content (AvgIpc) is 3.38. The second kappa shape index (κ2) is 8.72. The number of pyridine rings is 1. The number of carboxylic acid groups (broad SMARTS) is 1. The van der Waals surface area contributed by atoms with Gasteiger partial charge in [0.15, 0.2) is 5.71 Å². The van der Waals surface area contributed by atoms with Gasteiger partial charge in [-0.2, -0.15) is 0 Å². The lowest BCUT2D eigenvalue weighted by Gasteiger charge is -2.16. The molecule has 1 amide bonds. The number of benzene rings is 1. The first-order chi connectivity index (χ1) is 15.1. The summed E-state index contributed by atoms with van der Waals surface area (Å²) >= 11 is 1.21. The summed E-state index contributed by atoms with van der Waals surface area (Å²) in [6, 6.07) is 16.3. The predicted octanol–water partition coefficient (Wildman–Crippen LogP) is 3.41. The van der Waals surface area contributed by atoms with Crippen LogP contribution in [-0.4, -0.2) is 40.6 Å². The molecule has 0 saturated heterocycles. The number of amidine groups is 1. The zero-order valence-electron chi connectivity index (χ0n) is 16.3. The number of rotatable bonds is 6. The van der Waals surface area contributed by atoms with Crippen molar-refractivity contribution in [2.45, 2.75) is 0 Å². The summed E-state index contributed by atoms with van der Waals surface area (Å²) < 4.78 is 0. The maximum Gasteiger partial charge on any atom is 0.358 e. The van der Waals surface area contributed by atoms with Gasteiger partial charge in [-0.05, 0) is 24.3 Å². The third-order valence-corrected chi connectivity index (χ3v) is 5.24. The molecule has 0 atom stereocenters. The van der Waals surface area contributed by atoms with E-state index in [1.807, 2.05) is 36.4 Å². The number of aliphatic imine (C=N–C) groups is 1. The summed E-state index contributed by atoms with van der Waals surface area (Å²) in [5.41, 5.74) is 1.67. The molecule has 0 saturated carbocycles. The average molecular weight is 432 g/mol. The summed E-state index contributed by atoms with van der Waals surface area (Å²) in [5.74, 6) is -1.12. The van der Waals surface area contributed by atoms with Crippen LogP contribution in [-0.2, 0) is 14.4 Å². The molecule has 0 radical (unpaired) electrons. The molecular formula is C22H16N4O4S.